The lowest BCUT2D eigenvalue weighted by Gasteiger charge is -2.11. The Morgan fingerprint density at radius 3 is 1.91 bits per heavy atom. The van der Waals surface area contributed by atoms with Crippen LogP contribution in [0.1, 0.15) is 30.0 Å². The number of aryl methyl sites for hydroxylation is 1. The topological polar surface area (TPSA) is 0 Å². The fourth-order valence-corrected chi connectivity index (χ4v) is 3.66. The molecule has 0 heterocycles. The van der Waals surface area contributed by atoms with E-state index in [0.29, 0.717) is 17.5 Å². The summed E-state index contributed by atoms with van der Waals surface area (Å²) in [7, 11) is 0. The van der Waals surface area contributed by atoms with Gasteiger partial charge in [-0.25, -0.2) is 26.3 Å². The van der Waals surface area contributed by atoms with Crippen LogP contribution in [0.15, 0.2) is 54.6 Å². The molecule has 0 bridgehead atoms. The average Bonchev–Trinajstić information content (AvgIpc) is 2.76. The Balaban J connectivity index is 1.70. The molecule has 0 unspecified atom stereocenters. The van der Waals surface area contributed by atoms with Crippen LogP contribution in [0.3, 0.4) is 0 Å². The lowest BCUT2D eigenvalue weighted by molar-refractivity contribution is 0.446. The molecule has 4 rings (SSSR count). The van der Waals surface area contributed by atoms with Crippen LogP contribution >= 0.6 is 0 Å². The van der Waals surface area contributed by atoms with Crippen molar-refractivity contribution >= 4 is 10.8 Å². The third-order valence-corrected chi connectivity index (χ3v) is 5.19. The Bertz CT molecular complexity index is 1400. The van der Waals surface area contributed by atoms with Crippen LogP contribution in [0.25, 0.3) is 21.9 Å². The zero-order chi connectivity index (χ0) is 23.7. The monoisotopic (exact) mass is 454 g/mol. The van der Waals surface area contributed by atoms with Crippen molar-refractivity contribution in [3.05, 3.63) is 106 Å². The fourth-order valence-electron chi connectivity index (χ4n) is 3.66. The van der Waals surface area contributed by atoms with Gasteiger partial charge in [0, 0.05) is 11.1 Å². The van der Waals surface area contributed by atoms with Gasteiger partial charge in [0.2, 0.25) is 0 Å². The molecule has 0 saturated heterocycles. The smallest absolute Gasteiger partial charge is 0.194 e. The highest BCUT2D eigenvalue weighted by Crippen LogP contribution is 2.34. The molecule has 166 valence electrons. The van der Waals surface area contributed by atoms with Crippen LogP contribution in [-0.2, 0) is 6.42 Å². The molecule has 0 aliphatic carbocycles. The Labute approximate surface area is 186 Å². The highest BCUT2D eigenvalue weighted by Gasteiger charge is 2.19. The van der Waals surface area contributed by atoms with Gasteiger partial charge in [0.25, 0.3) is 0 Å². The van der Waals surface area contributed by atoms with E-state index in [0.717, 1.165) is 24.6 Å². The number of hydrogen-bond acceptors (Lipinski definition) is 0. The van der Waals surface area contributed by atoms with Gasteiger partial charge in [-0.1, -0.05) is 43.4 Å². The molecular weight excluding hydrogens is 438 g/mol. The van der Waals surface area contributed by atoms with Crippen LogP contribution in [0.5, 0.6) is 0 Å². The predicted octanol–water partition coefficient (Wildman–Crippen LogP) is 7.69. The van der Waals surface area contributed by atoms with Gasteiger partial charge < -0.3 is 0 Å². The van der Waals surface area contributed by atoms with E-state index < -0.39 is 34.9 Å². The van der Waals surface area contributed by atoms with Gasteiger partial charge in [0.1, 0.15) is 17.5 Å². The highest BCUT2D eigenvalue weighted by atomic mass is 19.2. The summed E-state index contributed by atoms with van der Waals surface area (Å²) in [5.41, 5.74) is 0.791. The zero-order valence-electron chi connectivity index (χ0n) is 17.4. The zero-order valence-corrected chi connectivity index (χ0v) is 17.4. The van der Waals surface area contributed by atoms with E-state index in [9.17, 15) is 22.0 Å². The van der Waals surface area contributed by atoms with Crippen molar-refractivity contribution < 1.29 is 26.3 Å². The average molecular weight is 454 g/mol. The number of hydrogen-bond donors (Lipinski definition) is 0. The molecule has 0 N–H and O–H groups in total. The first-order valence-corrected chi connectivity index (χ1v) is 10.2. The molecule has 0 nitrogen and oxygen atoms in total. The molecule has 0 aliphatic heterocycles. The second-order valence-electron chi connectivity index (χ2n) is 7.55. The summed E-state index contributed by atoms with van der Waals surface area (Å²) in [6.07, 6.45) is 1.37. The lowest BCUT2D eigenvalue weighted by Crippen LogP contribution is -1.97. The van der Waals surface area contributed by atoms with Crippen LogP contribution in [0.4, 0.5) is 26.3 Å². The molecule has 0 amide bonds. The minimum Gasteiger partial charge on any atom is -0.206 e. The molecule has 0 spiro atoms. The van der Waals surface area contributed by atoms with Crippen molar-refractivity contribution in [1.29, 1.82) is 0 Å². The summed E-state index contributed by atoms with van der Waals surface area (Å²) in [5.74, 6) is -1.72. The molecule has 4 aromatic rings. The summed E-state index contributed by atoms with van der Waals surface area (Å²) in [6, 6.07) is 11.2. The number of fused-ring (bicyclic) bond motifs is 1. The third-order valence-electron chi connectivity index (χ3n) is 5.19. The largest absolute Gasteiger partial charge is 0.206 e. The Kier molecular flexibility index (Phi) is 6.15. The SMILES string of the molecule is CCCc1cc(F)c2c(F)c(-c3ccc(C#Cc4cc(F)c(F)c(F)c4)cc3)c(F)cc2c1. The molecule has 33 heavy (non-hydrogen) atoms. The van der Waals surface area contributed by atoms with Gasteiger partial charge in [-0.15, -0.1) is 0 Å². The minimum absolute atomic E-state index is 0.0694. The first-order chi connectivity index (χ1) is 15.8. The molecule has 4 aromatic carbocycles. The van der Waals surface area contributed by atoms with Gasteiger partial charge in [0.15, 0.2) is 17.5 Å². The predicted molar refractivity (Wildman–Crippen MR) is 116 cm³/mol. The van der Waals surface area contributed by atoms with Crippen molar-refractivity contribution in [2.24, 2.45) is 0 Å². The van der Waals surface area contributed by atoms with Gasteiger partial charge in [-0.3, -0.25) is 0 Å². The number of rotatable bonds is 3. The van der Waals surface area contributed by atoms with E-state index in [1.807, 2.05) is 6.92 Å². The molecule has 0 saturated carbocycles. The van der Waals surface area contributed by atoms with Crippen LogP contribution < -0.4 is 0 Å². The molecular formula is C27H16F6. The quantitative estimate of drug-likeness (QED) is 0.169. The van der Waals surface area contributed by atoms with Crippen molar-refractivity contribution in [3.8, 4) is 23.0 Å². The van der Waals surface area contributed by atoms with Crippen LogP contribution in [0.2, 0.25) is 0 Å². The van der Waals surface area contributed by atoms with E-state index in [1.54, 1.807) is 6.07 Å². The summed E-state index contributed by atoms with van der Waals surface area (Å²) < 4.78 is 84.2. The maximum Gasteiger partial charge on any atom is 0.194 e. The van der Waals surface area contributed by atoms with E-state index in [1.165, 1.54) is 30.3 Å². The Hall–Kier alpha value is -3.72. The fraction of sp³-hybridized carbons (Fsp3) is 0.111. The maximum absolute atomic E-state index is 15.2. The van der Waals surface area contributed by atoms with E-state index in [2.05, 4.69) is 11.8 Å². The molecule has 0 aromatic heterocycles. The van der Waals surface area contributed by atoms with Gasteiger partial charge >= 0.3 is 0 Å². The van der Waals surface area contributed by atoms with E-state index in [4.69, 9.17) is 0 Å². The summed E-state index contributed by atoms with van der Waals surface area (Å²) in [4.78, 5) is 0. The molecule has 0 atom stereocenters. The summed E-state index contributed by atoms with van der Waals surface area (Å²) >= 11 is 0. The Morgan fingerprint density at radius 1 is 0.636 bits per heavy atom. The third kappa shape index (κ3) is 4.45. The van der Waals surface area contributed by atoms with E-state index >= 15 is 4.39 Å². The van der Waals surface area contributed by atoms with Gasteiger partial charge in [0.05, 0.1) is 10.9 Å². The Morgan fingerprint density at radius 2 is 1.27 bits per heavy atom. The van der Waals surface area contributed by atoms with Crippen LogP contribution in [0, 0.1) is 46.7 Å². The van der Waals surface area contributed by atoms with E-state index in [-0.39, 0.29) is 27.5 Å². The molecule has 6 heteroatoms. The molecule has 0 aliphatic rings. The molecule has 0 fully saturated rings. The van der Waals surface area contributed by atoms with Gasteiger partial charge in [-0.2, -0.15) is 0 Å². The normalized spacial score (nSPS) is 10.9. The van der Waals surface area contributed by atoms with Gasteiger partial charge in [-0.05, 0) is 59.3 Å². The highest BCUT2D eigenvalue weighted by molar-refractivity contribution is 5.89. The van der Waals surface area contributed by atoms with Crippen molar-refractivity contribution in [3.63, 3.8) is 0 Å². The molecule has 0 radical (unpaired) electrons. The standard InChI is InChI=1S/C27H16F6/c1-2-3-16-10-19-14-21(29)24(27(33)25(19)20(28)11-16)18-8-6-15(7-9-18)4-5-17-12-22(30)26(32)23(31)13-17/h6-14H,2-3H2,1H3. The second kappa shape index (κ2) is 9.03. The van der Waals surface area contributed by atoms with Crippen molar-refractivity contribution in [2.45, 2.75) is 19.8 Å². The van der Waals surface area contributed by atoms with Crippen molar-refractivity contribution in [1.82, 2.24) is 0 Å². The van der Waals surface area contributed by atoms with Crippen molar-refractivity contribution in [2.75, 3.05) is 0 Å². The lowest BCUT2D eigenvalue weighted by atomic mass is 9.96. The number of benzene rings is 4. The summed E-state index contributed by atoms with van der Waals surface area (Å²) in [6.45, 7) is 1.93. The summed E-state index contributed by atoms with van der Waals surface area (Å²) in [5, 5.41) is -0.131. The second-order valence-corrected chi connectivity index (χ2v) is 7.55. The minimum atomic E-state index is -1.58. The first-order valence-electron chi connectivity index (χ1n) is 10.2. The number of halogens is 6. The maximum atomic E-state index is 15.2. The van der Waals surface area contributed by atoms with Crippen LogP contribution in [-0.4, -0.2) is 0 Å². The first kappa shape index (κ1) is 22.5.